The largest absolute Gasteiger partial charge is 0.337 e. The van der Waals surface area contributed by atoms with Crippen molar-refractivity contribution in [1.82, 2.24) is 0 Å². The average Bonchev–Trinajstić information content (AvgIpc) is 1.82. The molecule has 1 rings (SSSR count). The second-order valence-electron chi connectivity index (χ2n) is 3.01. The summed E-state index contributed by atoms with van der Waals surface area (Å²) in [6.07, 6.45) is -0.713. The predicted octanol–water partition coefficient (Wildman–Crippen LogP) is 3.81. The molecule has 0 spiro atoms. The van der Waals surface area contributed by atoms with E-state index in [1.54, 1.807) is 0 Å². The van der Waals surface area contributed by atoms with Crippen LogP contribution in [0.3, 0.4) is 0 Å². The Hall–Kier alpha value is -0.350. The molecule has 1 aliphatic rings. The van der Waals surface area contributed by atoms with Gasteiger partial charge in [-0.15, -0.1) is 0 Å². The van der Waals surface area contributed by atoms with Crippen LogP contribution < -0.4 is 0 Å². The van der Waals surface area contributed by atoms with Crippen molar-refractivity contribution in [3.8, 4) is 0 Å². The Morgan fingerprint density at radius 3 is 1.23 bits per heavy atom. The third-order valence-electron chi connectivity index (χ3n) is 1.82. The van der Waals surface area contributed by atoms with Crippen LogP contribution in [-0.4, -0.2) is 18.5 Å². The van der Waals surface area contributed by atoms with E-state index in [0.29, 0.717) is 6.92 Å². The molecule has 0 aromatic rings. The van der Waals surface area contributed by atoms with Crippen molar-refractivity contribution in [3.05, 3.63) is 0 Å². The summed E-state index contributed by atoms with van der Waals surface area (Å²) in [5, 5.41) is 0. The average molecular weight is 204 g/mol. The molecule has 0 N–H and O–H groups in total. The number of alkyl halides is 5. The number of hydrogen-bond donors (Lipinski definition) is 0. The van der Waals surface area contributed by atoms with Crippen LogP contribution in [0.2, 0.25) is 0 Å². The predicted molar refractivity (Wildman–Crippen MR) is 40.0 cm³/mol. The normalized spacial score (nSPS) is 18.7. The van der Waals surface area contributed by atoms with Gasteiger partial charge in [0.25, 0.3) is 0 Å². The lowest BCUT2D eigenvalue weighted by atomic mass is 10.0. The molecule has 80 valence electrons. The van der Waals surface area contributed by atoms with Crippen molar-refractivity contribution in [3.63, 3.8) is 0 Å². The summed E-state index contributed by atoms with van der Waals surface area (Å²) in [5.41, 5.74) is 0. The summed E-state index contributed by atoms with van der Waals surface area (Å²) in [6, 6.07) is 0. The highest BCUT2D eigenvalue weighted by Crippen LogP contribution is 2.28. The van der Waals surface area contributed by atoms with Crippen LogP contribution in [0.4, 0.5) is 22.0 Å². The molecule has 13 heavy (non-hydrogen) atoms. The minimum atomic E-state index is -4.50. The number of hydrogen-bond acceptors (Lipinski definition) is 0. The van der Waals surface area contributed by atoms with Gasteiger partial charge in [-0.25, -0.2) is 13.2 Å². The van der Waals surface area contributed by atoms with Crippen molar-refractivity contribution in [2.75, 3.05) is 0 Å². The molecule has 1 atom stereocenters. The molecular formula is C8H13F5. The van der Waals surface area contributed by atoms with E-state index in [4.69, 9.17) is 0 Å². The molecule has 0 radical (unpaired) electrons. The molecule has 5 heteroatoms. The first-order valence-electron chi connectivity index (χ1n) is 4.19. The van der Waals surface area contributed by atoms with Gasteiger partial charge in [-0.1, -0.05) is 25.7 Å². The molecule has 0 aliphatic heterocycles. The highest BCUT2D eigenvalue weighted by Gasteiger charge is 2.46. The summed E-state index contributed by atoms with van der Waals surface area (Å²) in [7, 11) is 0. The fraction of sp³-hybridized carbons (Fsp3) is 1.00. The van der Waals surface area contributed by atoms with E-state index in [9.17, 15) is 22.0 Å². The van der Waals surface area contributed by atoms with Gasteiger partial charge in [-0.05, 0) is 6.92 Å². The molecule has 0 aromatic carbocycles. The van der Waals surface area contributed by atoms with E-state index >= 15 is 0 Å². The Kier molecular flexibility index (Phi) is 5.25. The minimum Gasteiger partial charge on any atom is -0.241 e. The Morgan fingerprint density at radius 2 is 1.23 bits per heavy atom. The quantitative estimate of drug-likeness (QED) is 0.600. The fourth-order valence-electron chi connectivity index (χ4n) is 0.424. The maximum atomic E-state index is 11.5. The monoisotopic (exact) mass is 204 g/mol. The molecule has 0 saturated heterocycles. The SMILES string of the molecule is C1CCC1.CC(F)C(F)(F)C(F)F. The smallest absolute Gasteiger partial charge is 0.241 e. The van der Waals surface area contributed by atoms with Crippen molar-refractivity contribution in [2.24, 2.45) is 0 Å². The summed E-state index contributed by atoms with van der Waals surface area (Å²) in [4.78, 5) is 0. The number of halogens is 5. The van der Waals surface area contributed by atoms with E-state index in [-0.39, 0.29) is 0 Å². The minimum absolute atomic E-state index is 0.395. The van der Waals surface area contributed by atoms with E-state index in [1.807, 2.05) is 0 Å². The van der Waals surface area contributed by atoms with E-state index in [2.05, 4.69) is 0 Å². The Balaban J connectivity index is 0.000000293. The standard InChI is InChI=1S/C4H5F5.C4H8/c1-2(5)4(8,9)3(6)7;1-2-4-3-1/h2-3H,1H3;1-4H2. The molecule has 0 bridgehead atoms. The summed E-state index contributed by atoms with van der Waals surface area (Å²) >= 11 is 0. The molecule has 0 aromatic heterocycles. The van der Waals surface area contributed by atoms with Crippen LogP contribution in [0.5, 0.6) is 0 Å². The zero-order valence-electron chi connectivity index (χ0n) is 7.37. The molecule has 0 amide bonds. The zero-order valence-corrected chi connectivity index (χ0v) is 7.37. The summed E-state index contributed by atoms with van der Waals surface area (Å²) in [6.45, 7) is 0.395. The van der Waals surface area contributed by atoms with Gasteiger partial charge in [0.05, 0.1) is 0 Å². The Morgan fingerprint density at radius 1 is 0.923 bits per heavy atom. The van der Waals surface area contributed by atoms with Crippen molar-refractivity contribution in [2.45, 2.75) is 51.1 Å². The van der Waals surface area contributed by atoms with Gasteiger partial charge in [-0.3, -0.25) is 0 Å². The first kappa shape index (κ1) is 12.7. The molecule has 1 saturated carbocycles. The van der Waals surface area contributed by atoms with Crippen LogP contribution in [0.1, 0.15) is 32.6 Å². The van der Waals surface area contributed by atoms with Crippen molar-refractivity contribution >= 4 is 0 Å². The van der Waals surface area contributed by atoms with E-state index in [1.165, 1.54) is 25.7 Å². The summed E-state index contributed by atoms with van der Waals surface area (Å²) in [5.74, 6) is -4.50. The maximum absolute atomic E-state index is 11.5. The van der Waals surface area contributed by atoms with Crippen LogP contribution >= 0.6 is 0 Å². The maximum Gasteiger partial charge on any atom is 0.337 e. The van der Waals surface area contributed by atoms with Gasteiger partial charge in [0.2, 0.25) is 0 Å². The van der Waals surface area contributed by atoms with E-state index < -0.39 is 18.5 Å². The van der Waals surface area contributed by atoms with Crippen LogP contribution in [-0.2, 0) is 0 Å². The first-order chi connectivity index (χ1) is 5.89. The molecule has 1 fully saturated rings. The molecule has 1 unspecified atom stereocenters. The second-order valence-corrected chi connectivity index (χ2v) is 3.01. The van der Waals surface area contributed by atoms with Crippen molar-refractivity contribution in [1.29, 1.82) is 0 Å². The molecule has 0 heterocycles. The first-order valence-corrected chi connectivity index (χ1v) is 4.19. The van der Waals surface area contributed by atoms with Gasteiger partial charge in [0.1, 0.15) is 0 Å². The molecule has 1 aliphatic carbocycles. The summed E-state index contributed by atoms with van der Waals surface area (Å²) < 4.78 is 56.7. The molecular weight excluding hydrogens is 191 g/mol. The Labute approximate surface area is 74.1 Å². The van der Waals surface area contributed by atoms with Crippen LogP contribution in [0.15, 0.2) is 0 Å². The fourth-order valence-corrected chi connectivity index (χ4v) is 0.424. The van der Waals surface area contributed by atoms with Gasteiger partial charge in [0.15, 0.2) is 6.17 Å². The van der Waals surface area contributed by atoms with Crippen LogP contribution in [0.25, 0.3) is 0 Å². The van der Waals surface area contributed by atoms with Crippen molar-refractivity contribution < 1.29 is 22.0 Å². The zero-order chi connectivity index (χ0) is 10.5. The van der Waals surface area contributed by atoms with E-state index in [0.717, 1.165) is 0 Å². The lowest BCUT2D eigenvalue weighted by molar-refractivity contribution is -0.165. The van der Waals surface area contributed by atoms with Gasteiger partial charge >= 0.3 is 12.3 Å². The van der Waals surface area contributed by atoms with Crippen LogP contribution in [0, 0.1) is 0 Å². The molecule has 0 nitrogen and oxygen atoms in total. The van der Waals surface area contributed by atoms with Gasteiger partial charge in [0, 0.05) is 0 Å². The topological polar surface area (TPSA) is 0 Å². The second kappa shape index (κ2) is 5.40. The Bertz CT molecular complexity index is 114. The third kappa shape index (κ3) is 4.43. The van der Waals surface area contributed by atoms with Gasteiger partial charge < -0.3 is 0 Å². The number of rotatable bonds is 2. The highest BCUT2D eigenvalue weighted by molar-refractivity contribution is 4.75. The third-order valence-corrected chi connectivity index (χ3v) is 1.82. The highest BCUT2D eigenvalue weighted by atomic mass is 19.3. The lowest BCUT2D eigenvalue weighted by Gasteiger charge is -2.15. The lowest BCUT2D eigenvalue weighted by Crippen LogP contribution is -2.35. The van der Waals surface area contributed by atoms with Gasteiger partial charge in [-0.2, -0.15) is 8.78 Å².